The van der Waals surface area contributed by atoms with Crippen LogP contribution in [0.25, 0.3) is 0 Å². The van der Waals surface area contributed by atoms with Gasteiger partial charge in [0, 0.05) is 43.2 Å². The standard InChI is InChI=1S/C26H31ClN2O2/c27-21-10-12-22(13-11-21)31-23-15-18-29(19-16-23)26(30)24-8-4-5-9-25(24)28-17-14-20-6-2-1-3-7-20/h4-6,8-13,23,28H,1-3,7,14-19H2. The maximum atomic E-state index is 13.2. The monoisotopic (exact) mass is 438 g/mol. The van der Waals surface area contributed by atoms with E-state index < -0.39 is 0 Å². The molecule has 0 unspecified atom stereocenters. The maximum absolute atomic E-state index is 13.2. The summed E-state index contributed by atoms with van der Waals surface area (Å²) in [6.07, 6.45) is 10.3. The number of amides is 1. The summed E-state index contributed by atoms with van der Waals surface area (Å²) in [6.45, 7) is 2.28. The van der Waals surface area contributed by atoms with Gasteiger partial charge in [0.15, 0.2) is 0 Å². The third kappa shape index (κ3) is 6.04. The van der Waals surface area contributed by atoms with E-state index in [1.807, 2.05) is 53.4 Å². The van der Waals surface area contributed by atoms with Crippen molar-refractivity contribution in [1.82, 2.24) is 4.90 Å². The average molecular weight is 439 g/mol. The first-order chi connectivity index (χ1) is 15.2. The molecule has 1 aliphatic heterocycles. The van der Waals surface area contributed by atoms with Gasteiger partial charge in [-0.15, -0.1) is 0 Å². The summed E-state index contributed by atoms with van der Waals surface area (Å²) in [5.74, 6) is 0.932. The van der Waals surface area contributed by atoms with Crippen LogP contribution in [0, 0.1) is 0 Å². The molecule has 2 aliphatic rings. The fourth-order valence-electron chi connectivity index (χ4n) is 4.37. The molecule has 0 bridgehead atoms. The number of ether oxygens (including phenoxy) is 1. The lowest BCUT2D eigenvalue weighted by Crippen LogP contribution is -2.42. The molecule has 1 heterocycles. The molecule has 0 atom stereocenters. The van der Waals surface area contributed by atoms with Crippen LogP contribution in [0.5, 0.6) is 5.75 Å². The van der Waals surface area contributed by atoms with Gasteiger partial charge in [0.05, 0.1) is 5.56 Å². The Labute approximate surface area is 190 Å². The van der Waals surface area contributed by atoms with Gasteiger partial charge in [-0.1, -0.05) is 35.4 Å². The number of nitrogens with zero attached hydrogens (tertiary/aromatic N) is 1. The van der Waals surface area contributed by atoms with Gasteiger partial charge in [0.1, 0.15) is 11.9 Å². The smallest absolute Gasteiger partial charge is 0.255 e. The molecule has 164 valence electrons. The summed E-state index contributed by atoms with van der Waals surface area (Å²) >= 11 is 5.94. The first-order valence-electron chi connectivity index (χ1n) is 11.4. The third-order valence-electron chi connectivity index (χ3n) is 6.15. The average Bonchev–Trinajstić information content (AvgIpc) is 2.82. The second kappa shape index (κ2) is 10.7. The van der Waals surface area contributed by atoms with Crippen molar-refractivity contribution in [2.24, 2.45) is 0 Å². The number of benzene rings is 2. The molecule has 31 heavy (non-hydrogen) atoms. The molecule has 1 amide bonds. The molecule has 1 aliphatic carbocycles. The minimum absolute atomic E-state index is 0.102. The number of allylic oxidation sites excluding steroid dienone is 1. The van der Waals surface area contributed by atoms with Crippen LogP contribution in [0.1, 0.15) is 55.3 Å². The first-order valence-corrected chi connectivity index (χ1v) is 11.8. The van der Waals surface area contributed by atoms with Crippen molar-refractivity contribution in [1.29, 1.82) is 0 Å². The number of likely N-dealkylation sites (tertiary alicyclic amines) is 1. The number of hydrogen-bond donors (Lipinski definition) is 1. The topological polar surface area (TPSA) is 41.6 Å². The van der Waals surface area contributed by atoms with Crippen LogP contribution in [-0.2, 0) is 0 Å². The van der Waals surface area contributed by atoms with E-state index in [9.17, 15) is 4.79 Å². The van der Waals surface area contributed by atoms with Gasteiger partial charge in [-0.2, -0.15) is 0 Å². The van der Waals surface area contributed by atoms with Crippen molar-refractivity contribution in [2.75, 3.05) is 25.0 Å². The molecule has 0 spiro atoms. The Hall–Kier alpha value is -2.46. The molecule has 1 N–H and O–H groups in total. The second-order valence-corrected chi connectivity index (χ2v) is 8.83. The normalized spacial score (nSPS) is 17.2. The first kappa shape index (κ1) is 21.8. The zero-order valence-electron chi connectivity index (χ0n) is 18.0. The van der Waals surface area contributed by atoms with E-state index >= 15 is 0 Å². The molecule has 2 aromatic carbocycles. The Bertz CT molecular complexity index is 902. The van der Waals surface area contributed by atoms with Crippen molar-refractivity contribution in [3.8, 4) is 5.75 Å². The lowest BCUT2D eigenvalue weighted by molar-refractivity contribution is 0.0596. The molecule has 0 radical (unpaired) electrons. The zero-order valence-corrected chi connectivity index (χ0v) is 18.7. The number of piperidine rings is 1. The highest BCUT2D eigenvalue weighted by molar-refractivity contribution is 6.30. The molecule has 0 saturated carbocycles. The van der Waals surface area contributed by atoms with Crippen LogP contribution < -0.4 is 10.1 Å². The minimum Gasteiger partial charge on any atom is -0.490 e. The number of carbonyl (C=O) groups is 1. The maximum Gasteiger partial charge on any atom is 0.255 e. The van der Waals surface area contributed by atoms with E-state index in [4.69, 9.17) is 16.3 Å². The molecule has 1 fully saturated rings. The molecule has 5 heteroatoms. The molecule has 2 aromatic rings. The molecular weight excluding hydrogens is 408 g/mol. The van der Waals surface area contributed by atoms with E-state index in [1.165, 1.54) is 25.7 Å². The number of carbonyl (C=O) groups excluding carboxylic acids is 1. The largest absolute Gasteiger partial charge is 0.490 e. The minimum atomic E-state index is 0.102. The Morgan fingerprint density at radius 1 is 1.06 bits per heavy atom. The lowest BCUT2D eigenvalue weighted by Gasteiger charge is -2.32. The van der Waals surface area contributed by atoms with Crippen molar-refractivity contribution in [2.45, 2.75) is 51.0 Å². The van der Waals surface area contributed by atoms with Gasteiger partial charge in [0.2, 0.25) is 0 Å². The molecule has 1 saturated heterocycles. The van der Waals surface area contributed by atoms with Gasteiger partial charge in [-0.05, 0) is 68.5 Å². The fourth-order valence-corrected chi connectivity index (χ4v) is 4.49. The van der Waals surface area contributed by atoms with Crippen molar-refractivity contribution < 1.29 is 9.53 Å². The number of halogens is 1. The summed E-state index contributed by atoms with van der Waals surface area (Å²) < 4.78 is 6.06. The SMILES string of the molecule is O=C(c1ccccc1NCCC1=CCCCC1)N1CCC(Oc2ccc(Cl)cc2)CC1. The fraction of sp³-hybridized carbons (Fsp3) is 0.423. The van der Waals surface area contributed by atoms with E-state index in [0.717, 1.165) is 42.8 Å². The van der Waals surface area contributed by atoms with Gasteiger partial charge < -0.3 is 15.0 Å². The number of rotatable bonds is 7. The Balaban J connectivity index is 1.30. The lowest BCUT2D eigenvalue weighted by atomic mass is 9.97. The summed E-state index contributed by atoms with van der Waals surface area (Å²) in [5, 5.41) is 4.21. The van der Waals surface area contributed by atoms with Gasteiger partial charge >= 0.3 is 0 Å². The predicted octanol–water partition coefficient (Wildman–Crippen LogP) is 6.33. The molecular formula is C26H31ClN2O2. The van der Waals surface area contributed by atoms with Crippen LogP contribution in [0.2, 0.25) is 5.02 Å². The van der Waals surface area contributed by atoms with Crippen LogP contribution in [-0.4, -0.2) is 36.5 Å². The van der Waals surface area contributed by atoms with E-state index in [-0.39, 0.29) is 12.0 Å². The summed E-state index contributed by atoms with van der Waals surface area (Å²) in [5.41, 5.74) is 3.24. The third-order valence-corrected chi connectivity index (χ3v) is 6.40. The van der Waals surface area contributed by atoms with Crippen LogP contribution in [0.3, 0.4) is 0 Å². The number of anilines is 1. The van der Waals surface area contributed by atoms with Crippen molar-refractivity contribution >= 4 is 23.2 Å². The predicted molar refractivity (Wildman–Crippen MR) is 127 cm³/mol. The second-order valence-electron chi connectivity index (χ2n) is 8.39. The summed E-state index contributed by atoms with van der Waals surface area (Å²) in [6, 6.07) is 15.3. The molecule has 4 nitrogen and oxygen atoms in total. The summed E-state index contributed by atoms with van der Waals surface area (Å²) in [7, 11) is 0. The zero-order chi connectivity index (χ0) is 21.5. The Morgan fingerprint density at radius 2 is 1.84 bits per heavy atom. The van der Waals surface area contributed by atoms with Crippen molar-refractivity contribution in [3.05, 3.63) is 70.8 Å². The highest BCUT2D eigenvalue weighted by Gasteiger charge is 2.26. The Kier molecular flexibility index (Phi) is 7.52. The van der Waals surface area contributed by atoms with Crippen LogP contribution in [0.4, 0.5) is 5.69 Å². The Morgan fingerprint density at radius 3 is 2.58 bits per heavy atom. The highest BCUT2D eigenvalue weighted by atomic mass is 35.5. The van der Waals surface area contributed by atoms with E-state index in [2.05, 4.69) is 11.4 Å². The summed E-state index contributed by atoms with van der Waals surface area (Å²) in [4.78, 5) is 15.2. The van der Waals surface area contributed by atoms with Gasteiger partial charge in [0.25, 0.3) is 5.91 Å². The van der Waals surface area contributed by atoms with Gasteiger partial charge in [-0.3, -0.25) is 4.79 Å². The van der Waals surface area contributed by atoms with E-state index in [1.54, 1.807) is 5.57 Å². The highest BCUT2D eigenvalue weighted by Crippen LogP contribution is 2.25. The van der Waals surface area contributed by atoms with Gasteiger partial charge in [-0.25, -0.2) is 0 Å². The number of nitrogens with one attached hydrogen (secondary N) is 1. The van der Waals surface area contributed by atoms with E-state index in [0.29, 0.717) is 18.1 Å². The quantitative estimate of drug-likeness (QED) is 0.514. The van der Waals surface area contributed by atoms with Crippen LogP contribution in [0.15, 0.2) is 60.2 Å². The molecule has 4 rings (SSSR count). The number of para-hydroxylation sites is 1. The molecule has 0 aromatic heterocycles. The van der Waals surface area contributed by atoms with Crippen molar-refractivity contribution in [3.63, 3.8) is 0 Å². The van der Waals surface area contributed by atoms with Crippen LogP contribution >= 0.6 is 11.6 Å². The number of hydrogen-bond acceptors (Lipinski definition) is 3.